The van der Waals surface area contributed by atoms with Gasteiger partial charge in [0.05, 0.1) is 0 Å². The Morgan fingerprint density at radius 3 is 1.16 bits per heavy atom. The van der Waals surface area contributed by atoms with E-state index in [2.05, 4.69) is 0 Å². The van der Waals surface area contributed by atoms with Crippen molar-refractivity contribution < 1.29 is 25.7 Å². The number of carbonyl (C=O) groups excluding carboxylic acids is 3. The standard InChI is InChI=1S/3C4H8O2.Al/c3*1-2-3-4(5)6;/h3*2-3H2,1H3,(H,5,6);/q;;;+3/p-3. The van der Waals surface area contributed by atoms with Crippen molar-refractivity contribution in [1.82, 2.24) is 0 Å². The molecule has 0 aliphatic heterocycles. The van der Waals surface area contributed by atoms with E-state index in [1.165, 1.54) is 0 Å². The van der Waals surface area contributed by atoms with Gasteiger partial charge in [-0.3, -0.25) is 14.4 Å². The van der Waals surface area contributed by atoms with E-state index >= 15 is 0 Å². The third-order valence-electron chi connectivity index (χ3n) is 2.05. The van der Waals surface area contributed by atoms with E-state index in [-0.39, 0.29) is 19.3 Å². The Bertz CT molecular complexity index is 257. The highest BCUT2D eigenvalue weighted by molar-refractivity contribution is 6.44. The summed E-state index contributed by atoms with van der Waals surface area (Å²) in [7, 11) is 0. The summed E-state index contributed by atoms with van der Waals surface area (Å²) in [4.78, 5) is 34.1. The van der Waals surface area contributed by atoms with E-state index in [1.54, 1.807) is 0 Å². The summed E-state index contributed by atoms with van der Waals surface area (Å²) in [5.74, 6) is -1.52. The van der Waals surface area contributed by atoms with Gasteiger partial charge < -0.3 is 11.4 Å². The SMILES string of the molecule is CCCC(=O)[O][Al]([O]C(=O)CCC)[O]C(=O)CCC. The summed E-state index contributed by atoms with van der Waals surface area (Å²) in [5, 5.41) is 0. The molecule has 0 amide bonds. The summed E-state index contributed by atoms with van der Waals surface area (Å²) in [5.41, 5.74) is 0. The lowest BCUT2D eigenvalue weighted by atomic mass is 10.3. The summed E-state index contributed by atoms with van der Waals surface area (Å²) < 4.78 is 14.8. The van der Waals surface area contributed by atoms with Gasteiger partial charge in [-0.1, -0.05) is 20.8 Å². The number of hydrogen-bond donors (Lipinski definition) is 0. The molecule has 0 fully saturated rings. The molecule has 0 unspecified atom stereocenters. The average Bonchev–Trinajstić information content (AvgIpc) is 2.29. The zero-order chi connectivity index (χ0) is 14.7. The predicted octanol–water partition coefficient (Wildman–Crippen LogP) is 2.00. The molecule has 0 spiro atoms. The Morgan fingerprint density at radius 2 is 0.947 bits per heavy atom. The van der Waals surface area contributed by atoms with E-state index in [0.29, 0.717) is 19.3 Å². The number of hydrogen-bond acceptors (Lipinski definition) is 6. The van der Waals surface area contributed by atoms with Crippen LogP contribution in [0, 0.1) is 0 Å². The van der Waals surface area contributed by atoms with Gasteiger partial charge in [0.15, 0.2) is 0 Å². The van der Waals surface area contributed by atoms with Gasteiger partial charge in [-0.15, -0.1) is 0 Å². The van der Waals surface area contributed by atoms with E-state index in [1.807, 2.05) is 20.8 Å². The molecule has 0 aromatic rings. The minimum atomic E-state index is -3.05. The Balaban J connectivity index is 4.40. The molecule has 19 heavy (non-hydrogen) atoms. The van der Waals surface area contributed by atoms with Crippen LogP contribution in [0.3, 0.4) is 0 Å². The van der Waals surface area contributed by atoms with Crippen LogP contribution in [0.25, 0.3) is 0 Å². The average molecular weight is 288 g/mol. The van der Waals surface area contributed by atoms with Crippen molar-refractivity contribution in [3.05, 3.63) is 0 Å². The summed E-state index contributed by atoms with van der Waals surface area (Å²) in [6.07, 6.45) is 2.48. The summed E-state index contributed by atoms with van der Waals surface area (Å²) >= 11 is -3.05. The van der Waals surface area contributed by atoms with Crippen LogP contribution in [0.15, 0.2) is 0 Å². The molecular formula is C12H21AlO6. The van der Waals surface area contributed by atoms with Crippen molar-refractivity contribution in [1.29, 1.82) is 0 Å². The lowest BCUT2D eigenvalue weighted by Crippen LogP contribution is -2.34. The molecule has 0 aliphatic rings. The molecule has 0 rings (SSSR count). The summed E-state index contributed by atoms with van der Waals surface area (Å²) in [6.45, 7) is 5.47. The van der Waals surface area contributed by atoms with Crippen molar-refractivity contribution in [2.75, 3.05) is 0 Å². The fourth-order valence-corrected chi connectivity index (χ4v) is 2.33. The van der Waals surface area contributed by atoms with Gasteiger partial charge in [-0.2, -0.15) is 0 Å². The normalized spacial score (nSPS) is 9.63. The Kier molecular flexibility index (Phi) is 10.2. The van der Waals surface area contributed by atoms with Gasteiger partial charge in [-0.05, 0) is 19.3 Å². The van der Waals surface area contributed by atoms with Crippen molar-refractivity contribution in [3.63, 3.8) is 0 Å². The zero-order valence-corrected chi connectivity index (χ0v) is 12.9. The van der Waals surface area contributed by atoms with Gasteiger partial charge in [0.2, 0.25) is 0 Å². The quantitative estimate of drug-likeness (QED) is 0.604. The molecule has 0 bridgehead atoms. The number of carbonyl (C=O) groups is 3. The van der Waals surface area contributed by atoms with Gasteiger partial charge in [-0.25, -0.2) is 0 Å². The topological polar surface area (TPSA) is 78.9 Å². The maximum absolute atomic E-state index is 11.4. The van der Waals surface area contributed by atoms with Gasteiger partial charge in [0.25, 0.3) is 17.9 Å². The number of rotatable bonds is 9. The first-order valence-corrected chi connectivity index (χ1v) is 8.03. The van der Waals surface area contributed by atoms with Gasteiger partial charge >= 0.3 is 15.1 Å². The van der Waals surface area contributed by atoms with Crippen molar-refractivity contribution in [2.24, 2.45) is 0 Å². The van der Waals surface area contributed by atoms with E-state index in [9.17, 15) is 14.4 Å². The first-order valence-electron chi connectivity index (χ1n) is 6.61. The highest BCUT2D eigenvalue weighted by atomic mass is 27.3. The Morgan fingerprint density at radius 1 is 0.684 bits per heavy atom. The second-order valence-electron chi connectivity index (χ2n) is 4.01. The molecule has 108 valence electrons. The third kappa shape index (κ3) is 9.51. The maximum atomic E-state index is 11.4. The molecule has 0 N–H and O–H groups in total. The Hall–Kier alpha value is -1.06. The van der Waals surface area contributed by atoms with Crippen LogP contribution in [0.5, 0.6) is 0 Å². The van der Waals surface area contributed by atoms with Crippen LogP contribution in [0.2, 0.25) is 0 Å². The second kappa shape index (κ2) is 10.8. The molecule has 0 saturated carbocycles. The van der Waals surface area contributed by atoms with Crippen molar-refractivity contribution in [3.8, 4) is 0 Å². The Labute approximate surface area is 118 Å². The highest BCUT2D eigenvalue weighted by Gasteiger charge is 2.48. The smallest absolute Gasteiger partial charge is 0.551 e. The lowest BCUT2D eigenvalue weighted by molar-refractivity contribution is -0.147. The van der Waals surface area contributed by atoms with Crippen LogP contribution < -0.4 is 0 Å². The zero-order valence-electron chi connectivity index (χ0n) is 11.8. The van der Waals surface area contributed by atoms with Crippen molar-refractivity contribution >= 4 is 33.1 Å². The predicted molar refractivity (Wildman–Crippen MR) is 68.8 cm³/mol. The fourth-order valence-electron chi connectivity index (χ4n) is 1.18. The van der Waals surface area contributed by atoms with Crippen molar-refractivity contribution in [2.45, 2.75) is 59.3 Å². The summed E-state index contributed by atoms with van der Waals surface area (Å²) in [6, 6.07) is 0. The molecule has 6 nitrogen and oxygen atoms in total. The van der Waals surface area contributed by atoms with Gasteiger partial charge in [0.1, 0.15) is 0 Å². The van der Waals surface area contributed by atoms with E-state index in [0.717, 1.165) is 0 Å². The van der Waals surface area contributed by atoms with E-state index < -0.39 is 33.1 Å². The molecule has 0 saturated heterocycles. The van der Waals surface area contributed by atoms with Gasteiger partial charge in [0, 0.05) is 19.3 Å². The molecular weight excluding hydrogens is 267 g/mol. The minimum absolute atomic E-state index is 0.208. The first-order chi connectivity index (χ1) is 9.03. The molecule has 0 aliphatic carbocycles. The van der Waals surface area contributed by atoms with Crippen LogP contribution in [0.4, 0.5) is 0 Å². The second-order valence-corrected chi connectivity index (χ2v) is 5.29. The lowest BCUT2D eigenvalue weighted by Gasteiger charge is -2.12. The largest absolute Gasteiger partial charge is 1.20 e. The van der Waals surface area contributed by atoms with E-state index in [4.69, 9.17) is 11.4 Å². The van der Waals surface area contributed by atoms with Crippen LogP contribution in [-0.4, -0.2) is 33.1 Å². The third-order valence-corrected chi connectivity index (χ3v) is 3.41. The molecule has 0 aromatic carbocycles. The molecule has 0 radical (unpaired) electrons. The van der Waals surface area contributed by atoms with Crippen LogP contribution >= 0.6 is 0 Å². The molecule has 0 aromatic heterocycles. The van der Waals surface area contributed by atoms with Crippen LogP contribution in [-0.2, 0) is 25.7 Å². The molecule has 0 atom stereocenters. The first kappa shape index (κ1) is 17.9. The highest BCUT2D eigenvalue weighted by Crippen LogP contribution is 2.03. The molecule has 0 heterocycles. The minimum Gasteiger partial charge on any atom is -0.551 e. The monoisotopic (exact) mass is 288 g/mol. The maximum Gasteiger partial charge on any atom is 1.20 e. The van der Waals surface area contributed by atoms with Crippen LogP contribution in [0.1, 0.15) is 59.3 Å². The molecule has 7 heteroatoms. The fraction of sp³-hybridized carbons (Fsp3) is 0.750.